The first-order chi connectivity index (χ1) is 10.2. The Bertz CT molecular complexity index is 641. The third-order valence-corrected chi connectivity index (χ3v) is 3.38. The number of allylic oxidation sites excluding steroid dienone is 4. The molecule has 0 atom stereocenters. The summed E-state index contributed by atoms with van der Waals surface area (Å²) in [5.74, 6) is 0. The molecule has 0 N–H and O–H groups in total. The van der Waals surface area contributed by atoms with Crippen LogP contribution in [0.3, 0.4) is 0 Å². The van der Waals surface area contributed by atoms with Crippen LogP contribution in [0.4, 0.5) is 0 Å². The maximum atomic E-state index is 11.2. The van der Waals surface area contributed by atoms with E-state index in [1.165, 1.54) is 0 Å². The van der Waals surface area contributed by atoms with Crippen LogP contribution in [0.5, 0.6) is 0 Å². The first kappa shape index (κ1) is 15.0. The predicted octanol–water partition coefficient (Wildman–Crippen LogP) is 0.478. The van der Waals surface area contributed by atoms with Gasteiger partial charge in [-0.25, -0.2) is 0 Å². The molecule has 0 heterocycles. The summed E-state index contributed by atoms with van der Waals surface area (Å²) in [7, 11) is 0. The molecule has 0 aliphatic heterocycles. The van der Waals surface area contributed by atoms with Crippen molar-refractivity contribution in [2.45, 2.75) is 11.3 Å². The summed E-state index contributed by atoms with van der Waals surface area (Å²) in [5, 5.41) is 44.8. The van der Waals surface area contributed by atoms with Crippen molar-refractivity contribution in [1.82, 2.24) is 0 Å². The van der Waals surface area contributed by atoms with E-state index in [2.05, 4.69) is 0 Å². The molecule has 0 radical (unpaired) electrons. The minimum absolute atomic E-state index is 0.617. The van der Waals surface area contributed by atoms with E-state index in [1.54, 1.807) is 0 Å². The van der Waals surface area contributed by atoms with Crippen molar-refractivity contribution in [1.29, 1.82) is 0 Å². The summed E-state index contributed by atoms with van der Waals surface area (Å²) in [6.07, 6.45) is 4.69. The Morgan fingerprint density at radius 2 is 0.909 bits per heavy atom. The van der Waals surface area contributed by atoms with E-state index in [0.29, 0.717) is 12.2 Å². The standard InChI is InChI=1S/C10H6N4O8/c15-11(16)9(12(17)18)5-1-3-7-8(9)4-2-6-10(7,13(19)20)14(21)22/h1-6H. The lowest BCUT2D eigenvalue weighted by Crippen LogP contribution is -2.55. The van der Waals surface area contributed by atoms with E-state index in [0.717, 1.165) is 24.3 Å². The summed E-state index contributed by atoms with van der Waals surface area (Å²) in [5.41, 5.74) is -7.46. The van der Waals surface area contributed by atoms with Crippen LogP contribution in [0.2, 0.25) is 0 Å². The molecule has 0 amide bonds. The van der Waals surface area contributed by atoms with Crippen molar-refractivity contribution in [3.05, 3.63) is 88.1 Å². The van der Waals surface area contributed by atoms with Gasteiger partial charge in [0.15, 0.2) is 0 Å². The maximum Gasteiger partial charge on any atom is 0.504 e. The molecule has 0 aromatic carbocycles. The minimum atomic E-state index is -3.01. The van der Waals surface area contributed by atoms with Crippen molar-refractivity contribution >= 4 is 0 Å². The van der Waals surface area contributed by atoms with Crippen molar-refractivity contribution in [2.75, 3.05) is 0 Å². The first-order valence-corrected chi connectivity index (χ1v) is 5.59. The number of nitro groups is 4. The van der Waals surface area contributed by atoms with Gasteiger partial charge < -0.3 is 0 Å². The molecule has 2 aliphatic rings. The molecule has 0 aromatic heterocycles. The quantitative estimate of drug-likeness (QED) is 0.409. The molecule has 12 heteroatoms. The summed E-state index contributed by atoms with van der Waals surface area (Å²) in [4.78, 5) is 39.8. The number of fused-ring (bicyclic) bond motifs is 1. The molecule has 12 nitrogen and oxygen atoms in total. The largest absolute Gasteiger partial charge is 0.504 e. The van der Waals surface area contributed by atoms with Crippen LogP contribution in [0.1, 0.15) is 0 Å². The number of hydrogen-bond donors (Lipinski definition) is 0. The number of rotatable bonds is 4. The van der Waals surface area contributed by atoms with Crippen molar-refractivity contribution in [3.63, 3.8) is 0 Å². The van der Waals surface area contributed by atoms with Crippen molar-refractivity contribution in [2.24, 2.45) is 0 Å². The molecule has 0 saturated heterocycles. The Labute approximate surface area is 120 Å². The summed E-state index contributed by atoms with van der Waals surface area (Å²) in [6.45, 7) is 0. The zero-order valence-corrected chi connectivity index (χ0v) is 10.5. The summed E-state index contributed by atoms with van der Waals surface area (Å²) in [6, 6.07) is 0. The van der Waals surface area contributed by atoms with E-state index in [4.69, 9.17) is 0 Å². The number of nitrogens with zero attached hydrogens (tertiary/aromatic N) is 4. The molecule has 2 aliphatic carbocycles. The zero-order chi connectivity index (χ0) is 16.7. The molecule has 114 valence electrons. The normalized spacial score (nSPS) is 20.4. The molecule has 2 rings (SSSR count). The minimum Gasteiger partial charge on any atom is -0.258 e. The molecular formula is C10H6N4O8. The highest BCUT2D eigenvalue weighted by Crippen LogP contribution is 2.42. The molecule has 0 bridgehead atoms. The van der Waals surface area contributed by atoms with E-state index in [-0.39, 0.29) is 0 Å². The van der Waals surface area contributed by atoms with Crippen LogP contribution in [-0.2, 0) is 0 Å². The highest BCUT2D eigenvalue weighted by Gasteiger charge is 2.70. The second-order valence-corrected chi connectivity index (χ2v) is 4.36. The Hall–Kier alpha value is -3.44. The SMILES string of the molecule is O=[N+]([O-])C1([N+](=O)[O-])C=CC=C2C1=CC=CC2([N+](=O)[O-])[N+](=O)[O-]. The lowest BCUT2D eigenvalue weighted by atomic mass is 9.79. The van der Waals surface area contributed by atoms with Crippen molar-refractivity contribution < 1.29 is 19.7 Å². The smallest absolute Gasteiger partial charge is 0.258 e. The maximum absolute atomic E-state index is 11.2. The molecule has 0 fully saturated rings. The van der Waals surface area contributed by atoms with Crippen LogP contribution in [0.25, 0.3) is 0 Å². The van der Waals surface area contributed by atoms with E-state index in [9.17, 15) is 40.5 Å². The van der Waals surface area contributed by atoms with E-state index >= 15 is 0 Å². The van der Waals surface area contributed by atoms with Gasteiger partial charge in [-0.3, -0.25) is 40.5 Å². The fraction of sp³-hybridized carbons (Fsp3) is 0.200. The van der Waals surface area contributed by atoms with Gasteiger partial charge in [0.2, 0.25) is 0 Å². The van der Waals surface area contributed by atoms with Gasteiger partial charge >= 0.3 is 11.3 Å². The van der Waals surface area contributed by atoms with Crippen LogP contribution in [0, 0.1) is 40.5 Å². The molecular weight excluding hydrogens is 304 g/mol. The second-order valence-electron chi connectivity index (χ2n) is 4.36. The topological polar surface area (TPSA) is 173 Å². The highest BCUT2D eigenvalue weighted by molar-refractivity contribution is 5.54. The summed E-state index contributed by atoms with van der Waals surface area (Å²) < 4.78 is 0. The fourth-order valence-corrected chi connectivity index (χ4v) is 2.33. The van der Waals surface area contributed by atoms with Gasteiger partial charge in [0, 0.05) is 0 Å². The lowest BCUT2D eigenvalue weighted by molar-refractivity contribution is -0.778. The third kappa shape index (κ3) is 1.57. The van der Waals surface area contributed by atoms with Gasteiger partial charge in [0.05, 0.1) is 12.2 Å². The molecule has 0 spiro atoms. The third-order valence-electron chi connectivity index (χ3n) is 3.38. The zero-order valence-electron chi connectivity index (χ0n) is 10.5. The van der Waals surface area contributed by atoms with Crippen LogP contribution >= 0.6 is 0 Å². The lowest BCUT2D eigenvalue weighted by Gasteiger charge is -2.25. The van der Waals surface area contributed by atoms with Gasteiger partial charge in [-0.15, -0.1) is 0 Å². The van der Waals surface area contributed by atoms with Gasteiger partial charge in [-0.1, -0.05) is 12.2 Å². The van der Waals surface area contributed by atoms with Crippen LogP contribution in [0.15, 0.2) is 47.6 Å². The molecule has 0 saturated carbocycles. The van der Waals surface area contributed by atoms with Crippen LogP contribution < -0.4 is 0 Å². The van der Waals surface area contributed by atoms with E-state index < -0.39 is 42.2 Å². The van der Waals surface area contributed by atoms with Gasteiger partial charge in [0.25, 0.3) is 0 Å². The fourth-order valence-electron chi connectivity index (χ4n) is 2.33. The summed E-state index contributed by atoms with van der Waals surface area (Å²) >= 11 is 0. The van der Waals surface area contributed by atoms with Crippen LogP contribution in [-0.4, -0.2) is 31.0 Å². The second kappa shape index (κ2) is 4.54. The van der Waals surface area contributed by atoms with Gasteiger partial charge in [-0.05, 0) is 12.2 Å². The average molecular weight is 310 g/mol. The number of hydrogen-bond acceptors (Lipinski definition) is 8. The highest BCUT2D eigenvalue weighted by atomic mass is 16.7. The Morgan fingerprint density at radius 3 is 1.14 bits per heavy atom. The Morgan fingerprint density at radius 1 is 0.636 bits per heavy atom. The average Bonchev–Trinajstić information content (AvgIpc) is 2.44. The molecule has 0 unspecified atom stereocenters. The Balaban J connectivity index is 2.80. The van der Waals surface area contributed by atoms with Crippen molar-refractivity contribution in [3.8, 4) is 0 Å². The predicted molar refractivity (Wildman–Crippen MR) is 67.9 cm³/mol. The Kier molecular flexibility index (Phi) is 3.09. The van der Waals surface area contributed by atoms with Gasteiger partial charge in [-0.2, -0.15) is 0 Å². The molecule has 0 aromatic rings. The monoisotopic (exact) mass is 310 g/mol. The molecule has 22 heavy (non-hydrogen) atoms. The first-order valence-electron chi connectivity index (χ1n) is 5.59. The van der Waals surface area contributed by atoms with Gasteiger partial charge in [0.1, 0.15) is 30.8 Å². The van der Waals surface area contributed by atoms with E-state index in [1.807, 2.05) is 0 Å².